The van der Waals surface area contributed by atoms with Crippen LogP contribution in [0.2, 0.25) is 0 Å². The minimum Gasteiger partial charge on any atom is -0.399 e. The average molecular weight is 276 g/mol. The number of rotatable bonds is 3. The van der Waals surface area contributed by atoms with E-state index in [0.29, 0.717) is 11.6 Å². The third kappa shape index (κ3) is 3.00. The smallest absolute Gasteiger partial charge is 0.227 e. The van der Waals surface area contributed by atoms with Crippen molar-refractivity contribution in [2.45, 2.75) is 6.92 Å². The molecule has 0 saturated heterocycles. The Bertz CT molecular complexity index is 754. The van der Waals surface area contributed by atoms with Crippen molar-refractivity contribution in [1.82, 2.24) is 9.97 Å². The van der Waals surface area contributed by atoms with Crippen LogP contribution in [0.5, 0.6) is 0 Å². The van der Waals surface area contributed by atoms with Gasteiger partial charge in [-0.3, -0.25) is 0 Å². The van der Waals surface area contributed by atoms with E-state index in [4.69, 9.17) is 5.73 Å². The van der Waals surface area contributed by atoms with Gasteiger partial charge >= 0.3 is 0 Å². The zero-order valence-corrected chi connectivity index (χ0v) is 11.7. The van der Waals surface area contributed by atoms with Crippen LogP contribution in [-0.2, 0) is 0 Å². The molecule has 1 aromatic heterocycles. The van der Waals surface area contributed by atoms with Crippen molar-refractivity contribution in [2.75, 3.05) is 11.1 Å². The van der Waals surface area contributed by atoms with Crippen LogP contribution >= 0.6 is 0 Å². The molecule has 2 aromatic carbocycles. The Morgan fingerprint density at radius 3 is 2.62 bits per heavy atom. The van der Waals surface area contributed by atoms with Gasteiger partial charge in [0.05, 0.1) is 5.69 Å². The lowest BCUT2D eigenvalue weighted by Gasteiger charge is -2.10. The third-order valence-corrected chi connectivity index (χ3v) is 3.23. The van der Waals surface area contributed by atoms with E-state index in [-0.39, 0.29) is 0 Å². The standard InChI is InChI=1S/C17H16N4/c1-12-7-8-14(18)11-16(12)21-17-19-10-9-15(20-17)13-5-3-2-4-6-13/h2-11H,18H2,1H3,(H,19,20,21). The number of nitrogen functional groups attached to an aromatic ring is 1. The van der Waals surface area contributed by atoms with Gasteiger partial charge in [0, 0.05) is 23.1 Å². The van der Waals surface area contributed by atoms with Crippen LogP contribution in [0.4, 0.5) is 17.3 Å². The molecule has 4 nitrogen and oxygen atoms in total. The van der Waals surface area contributed by atoms with E-state index in [1.54, 1.807) is 6.20 Å². The largest absolute Gasteiger partial charge is 0.399 e. The molecule has 0 unspecified atom stereocenters. The summed E-state index contributed by atoms with van der Waals surface area (Å²) in [4.78, 5) is 8.81. The second-order valence-corrected chi connectivity index (χ2v) is 4.83. The van der Waals surface area contributed by atoms with Gasteiger partial charge in [-0.25, -0.2) is 9.97 Å². The van der Waals surface area contributed by atoms with E-state index in [2.05, 4.69) is 15.3 Å². The van der Waals surface area contributed by atoms with Gasteiger partial charge in [-0.1, -0.05) is 36.4 Å². The summed E-state index contributed by atoms with van der Waals surface area (Å²) in [5.74, 6) is 0.560. The van der Waals surface area contributed by atoms with E-state index >= 15 is 0 Å². The highest BCUT2D eigenvalue weighted by Crippen LogP contribution is 2.22. The second-order valence-electron chi connectivity index (χ2n) is 4.83. The summed E-state index contributed by atoms with van der Waals surface area (Å²) in [6.45, 7) is 2.02. The second kappa shape index (κ2) is 5.63. The number of hydrogen-bond donors (Lipinski definition) is 2. The molecule has 0 spiro atoms. The minimum absolute atomic E-state index is 0.560. The lowest BCUT2D eigenvalue weighted by Crippen LogP contribution is -2.00. The van der Waals surface area contributed by atoms with Crippen LogP contribution in [0.3, 0.4) is 0 Å². The maximum Gasteiger partial charge on any atom is 0.227 e. The highest BCUT2D eigenvalue weighted by Gasteiger charge is 2.04. The van der Waals surface area contributed by atoms with E-state index in [0.717, 1.165) is 22.5 Å². The summed E-state index contributed by atoms with van der Waals surface area (Å²) in [5, 5.41) is 3.22. The molecule has 0 aliphatic heterocycles. The molecule has 0 aliphatic carbocycles. The van der Waals surface area contributed by atoms with Crippen molar-refractivity contribution in [1.29, 1.82) is 0 Å². The number of nitrogens with one attached hydrogen (secondary N) is 1. The number of aromatic nitrogens is 2. The average Bonchev–Trinajstić information content (AvgIpc) is 2.52. The van der Waals surface area contributed by atoms with Crippen molar-refractivity contribution in [3.63, 3.8) is 0 Å². The first-order chi connectivity index (χ1) is 10.2. The van der Waals surface area contributed by atoms with Crippen molar-refractivity contribution >= 4 is 17.3 Å². The highest BCUT2D eigenvalue weighted by atomic mass is 15.1. The number of aryl methyl sites for hydroxylation is 1. The molecule has 3 N–H and O–H groups in total. The first-order valence-electron chi connectivity index (χ1n) is 6.74. The third-order valence-electron chi connectivity index (χ3n) is 3.23. The van der Waals surface area contributed by atoms with Crippen molar-refractivity contribution < 1.29 is 0 Å². The number of nitrogens with zero attached hydrogens (tertiary/aromatic N) is 2. The zero-order valence-electron chi connectivity index (χ0n) is 11.7. The van der Waals surface area contributed by atoms with Crippen molar-refractivity contribution in [3.05, 3.63) is 66.4 Å². The minimum atomic E-state index is 0.560. The first-order valence-corrected chi connectivity index (χ1v) is 6.74. The molecular weight excluding hydrogens is 260 g/mol. The monoisotopic (exact) mass is 276 g/mol. The van der Waals surface area contributed by atoms with Gasteiger partial charge in [0.15, 0.2) is 0 Å². The van der Waals surface area contributed by atoms with Crippen LogP contribution in [-0.4, -0.2) is 9.97 Å². The number of nitrogens with two attached hydrogens (primary N) is 1. The Morgan fingerprint density at radius 1 is 1.00 bits per heavy atom. The Kier molecular flexibility index (Phi) is 3.51. The van der Waals surface area contributed by atoms with Gasteiger partial charge in [0.1, 0.15) is 0 Å². The van der Waals surface area contributed by atoms with Gasteiger partial charge in [0.25, 0.3) is 0 Å². The highest BCUT2D eigenvalue weighted by molar-refractivity contribution is 5.66. The van der Waals surface area contributed by atoms with E-state index < -0.39 is 0 Å². The quantitative estimate of drug-likeness (QED) is 0.715. The predicted molar refractivity (Wildman–Crippen MR) is 86.3 cm³/mol. The maximum absolute atomic E-state index is 5.82. The molecule has 104 valence electrons. The molecule has 0 atom stereocenters. The van der Waals surface area contributed by atoms with Crippen molar-refractivity contribution in [2.24, 2.45) is 0 Å². The van der Waals surface area contributed by atoms with E-state index in [1.165, 1.54) is 0 Å². The Balaban J connectivity index is 1.92. The summed E-state index contributed by atoms with van der Waals surface area (Å²) < 4.78 is 0. The predicted octanol–water partition coefficient (Wildman–Crippen LogP) is 3.78. The summed E-state index contributed by atoms with van der Waals surface area (Å²) in [5.41, 5.74) is 10.5. The van der Waals surface area contributed by atoms with Gasteiger partial charge in [-0.2, -0.15) is 0 Å². The number of hydrogen-bond acceptors (Lipinski definition) is 4. The summed E-state index contributed by atoms with van der Waals surface area (Å²) >= 11 is 0. The lowest BCUT2D eigenvalue weighted by atomic mass is 10.1. The lowest BCUT2D eigenvalue weighted by molar-refractivity contribution is 1.17. The van der Waals surface area contributed by atoms with Crippen LogP contribution in [0.25, 0.3) is 11.3 Å². The van der Waals surface area contributed by atoms with Crippen LogP contribution in [0.1, 0.15) is 5.56 Å². The fraction of sp³-hybridized carbons (Fsp3) is 0.0588. The topological polar surface area (TPSA) is 63.8 Å². The molecule has 4 heteroatoms. The fourth-order valence-corrected chi connectivity index (χ4v) is 2.08. The van der Waals surface area contributed by atoms with Gasteiger partial charge in [-0.05, 0) is 30.7 Å². The Morgan fingerprint density at radius 2 is 1.81 bits per heavy atom. The molecule has 0 fully saturated rings. The summed E-state index contributed by atoms with van der Waals surface area (Å²) in [7, 11) is 0. The Hall–Kier alpha value is -2.88. The fourth-order valence-electron chi connectivity index (χ4n) is 2.08. The summed E-state index contributed by atoms with van der Waals surface area (Å²) in [6, 6.07) is 17.6. The number of anilines is 3. The molecule has 0 radical (unpaired) electrons. The van der Waals surface area contributed by atoms with Gasteiger partial charge in [-0.15, -0.1) is 0 Å². The van der Waals surface area contributed by atoms with Gasteiger partial charge in [0.2, 0.25) is 5.95 Å². The molecule has 0 amide bonds. The van der Waals surface area contributed by atoms with Crippen LogP contribution < -0.4 is 11.1 Å². The molecule has 0 aliphatic rings. The molecule has 3 rings (SSSR count). The SMILES string of the molecule is Cc1ccc(N)cc1Nc1nccc(-c2ccccc2)n1. The zero-order chi connectivity index (χ0) is 14.7. The maximum atomic E-state index is 5.82. The molecule has 0 bridgehead atoms. The Labute approximate surface area is 123 Å². The van der Waals surface area contributed by atoms with Crippen molar-refractivity contribution in [3.8, 4) is 11.3 Å². The number of benzene rings is 2. The van der Waals surface area contributed by atoms with E-state index in [9.17, 15) is 0 Å². The van der Waals surface area contributed by atoms with Crippen LogP contribution in [0.15, 0.2) is 60.8 Å². The molecule has 3 aromatic rings. The van der Waals surface area contributed by atoms with E-state index in [1.807, 2.05) is 61.5 Å². The molecule has 21 heavy (non-hydrogen) atoms. The molecule has 1 heterocycles. The van der Waals surface area contributed by atoms with Crippen LogP contribution in [0, 0.1) is 6.92 Å². The molecule has 0 saturated carbocycles. The first kappa shape index (κ1) is 13.1. The summed E-state index contributed by atoms with van der Waals surface area (Å²) in [6.07, 6.45) is 1.75. The normalized spacial score (nSPS) is 10.3. The molecular formula is C17H16N4. The van der Waals surface area contributed by atoms with Gasteiger partial charge < -0.3 is 11.1 Å².